The first-order chi connectivity index (χ1) is 12.8. The lowest BCUT2D eigenvalue weighted by Gasteiger charge is -2.15. The van der Waals surface area contributed by atoms with Crippen molar-refractivity contribution in [1.82, 2.24) is 5.32 Å². The van der Waals surface area contributed by atoms with E-state index in [2.05, 4.69) is 5.32 Å². The molecular weight excluding hydrogens is 365 g/mol. The van der Waals surface area contributed by atoms with Gasteiger partial charge in [-0.1, -0.05) is 18.2 Å². The molecule has 1 N–H and O–H groups in total. The second kappa shape index (κ2) is 9.22. The van der Waals surface area contributed by atoms with Gasteiger partial charge in [-0.2, -0.15) is 13.2 Å². The summed E-state index contributed by atoms with van der Waals surface area (Å²) in [5.41, 5.74) is 1.70. The molecule has 6 nitrogen and oxygen atoms in total. The summed E-state index contributed by atoms with van der Waals surface area (Å²) in [5.74, 6) is 0.282. The van der Waals surface area contributed by atoms with Crippen LogP contribution < -0.4 is 14.8 Å². The summed E-state index contributed by atoms with van der Waals surface area (Å²) < 4.78 is 47.1. The Morgan fingerprint density at radius 3 is 2.22 bits per heavy atom. The minimum Gasteiger partial charge on any atom is -0.490 e. The summed E-state index contributed by atoms with van der Waals surface area (Å²) in [7, 11) is 0. The number of ether oxygens (including phenoxy) is 2. The number of nitro groups is 1. The molecule has 0 unspecified atom stereocenters. The van der Waals surface area contributed by atoms with Crippen molar-refractivity contribution in [2.24, 2.45) is 0 Å². The molecule has 0 aromatic heterocycles. The molecule has 27 heavy (non-hydrogen) atoms. The monoisotopic (exact) mass is 384 g/mol. The predicted molar refractivity (Wildman–Crippen MR) is 92.8 cm³/mol. The van der Waals surface area contributed by atoms with E-state index in [1.165, 1.54) is 18.2 Å². The van der Waals surface area contributed by atoms with Crippen molar-refractivity contribution in [3.05, 3.63) is 63.7 Å². The molecule has 0 bridgehead atoms. The van der Waals surface area contributed by atoms with Crippen molar-refractivity contribution in [1.29, 1.82) is 0 Å². The lowest BCUT2D eigenvalue weighted by molar-refractivity contribution is -0.384. The van der Waals surface area contributed by atoms with Gasteiger partial charge in [-0.25, -0.2) is 0 Å². The highest BCUT2D eigenvalue weighted by Crippen LogP contribution is 2.30. The topological polar surface area (TPSA) is 73.6 Å². The van der Waals surface area contributed by atoms with Gasteiger partial charge in [-0.3, -0.25) is 10.1 Å². The number of non-ortho nitro benzene ring substituents is 1. The van der Waals surface area contributed by atoms with Gasteiger partial charge in [0.15, 0.2) is 18.1 Å². The molecule has 0 radical (unpaired) electrons. The predicted octanol–water partition coefficient (Wildman–Crippen LogP) is 4.22. The Morgan fingerprint density at radius 1 is 1.00 bits per heavy atom. The molecule has 0 aliphatic carbocycles. The van der Waals surface area contributed by atoms with Gasteiger partial charge in [-0.05, 0) is 30.2 Å². The number of benzene rings is 2. The van der Waals surface area contributed by atoms with Gasteiger partial charge < -0.3 is 14.8 Å². The number of nitro benzene ring substituents is 1. The van der Waals surface area contributed by atoms with Crippen LogP contribution in [0, 0.1) is 10.1 Å². The van der Waals surface area contributed by atoms with E-state index in [1.54, 1.807) is 31.2 Å². The van der Waals surface area contributed by atoms with E-state index < -0.39 is 17.7 Å². The zero-order valence-corrected chi connectivity index (χ0v) is 14.6. The number of nitrogens with one attached hydrogen (secondary N) is 1. The Morgan fingerprint density at radius 2 is 1.63 bits per heavy atom. The van der Waals surface area contributed by atoms with E-state index in [0.717, 1.165) is 11.1 Å². The van der Waals surface area contributed by atoms with Gasteiger partial charge >= 0.3 is 6.18 Å². The number of alkyl halides is 3. The third kappa shape index (κ3) is 6.78. The van der Waals surface area contributed by atoms with Crippen LogP contribution in [-0.4, -0.2) is 24.3 Å². The Hall–Kier alpha value is -2.81. The van der Waals surface area contributed by atoms with Crippen molar-refractivity contribution < 1.29 is 27.6 Å². The first-order valence-corrected chi connectivity index (χ1v) is 8.18. The lowest BCUT2D eigenvalue weighted by atomic mass is 10.1. The van der Waals surface area contributed by atoms with Crippen molar-refractivity contribution in [2.75, 3.05) is 13.2 Å². The molecule has 0 aliphatic rings. The smallest absolute Gasteiger partial charge is 0.422 e. The minimum absolute atomic E-state index is 0.0227. The van der Waals surface area contributed by atoms with E-state index in [4.69, 9.17) is 9.47 Å². The van der Waals surface area contributed by atoms with Crippen LogP contribution >= 0.6 is 0 Å². The van der Waals surface area contributed by atoms with Gasteiger partial charge in [-0.15, -0.1) is 0 Å². The maximum atomic E-state index is 12.3. The maximum absolute atomic E-state index is 12.3. The first-order valence-electron chi connectivity index (χ1n) is 8.18. The van der Waals surface area contributed by atoms with Crippen LogP contribution in [0.15, 0.2) is 42.5 Å². The number of hydrogen-bond acceptors (Lipinski definition) is 5. The number of hydrogen-bond donors (Lipinski definition) is 1. The molecular formula is C18H19F3N2O4. The highest BCUT2D eigenvalue weighted by Gasteiger charge is 2.29. The normalized spacial score (nSPS) is 11.3. The van der Waals surface area contributed by atoms with Crippen LogP contribution in [-0.2, 0) is 13.1 Å². The summed E-state index contributed by atoms with van der Waals surface area (Å²) in [6, 6.07) is 10.9. The van der Waals surface area contributed by atoms with Crippen LogP contribution in [0.4, 0.5) is 18.9 Å². The maximum Gasteiger partial charge on any atom is 0.422 e. The SMILES string of the molecule is CCOc1cc(CNCc2ccc([N+](=O)[O-])cc2)ccc1OCC(F)(F)F. The Labute approximate surface area is 154 Å². The second-order valence-electron chi connectivity index (χ2n) is 5.65. The molecule has 0 atom stereocenters. The third-order valence-corrected chi connectivity index (χ3v) is 3.50. The summed E-state index contributed by atoms with van der Waals surface area (Å²) in [6.07, 6.45) is -4.42. The quantitative estimate of drug-likeness (QED) is 0.518. The lowest BCUT2D eigenvalue weighted by Crippen LogP contribution is -2.19. The highest BCUT2D eigenvalue weighted by molar-refractivity contribution is 5.43. The minimum atomic E-state index is -4.42. The average molecular weight is 384 g/mol. The summed E-state index contributed by atoms with van der Waals surface area (Å²) in [6.45, 7) is 1.56. The fourth-order valence-electron chi connectivity index (χ4n) is 2.30. The standard InChI is InChI=1S/C18H19F3N2O4/c1-2-26-17-9-14(5-8-16(17)27-12-18(19,20)21)11-22-10-13-3-6-15(7-4-13)23(24)25/h3-9,22H,2,10-12H2,1H3. The summed E-state index contributed by atoms with van der Waals surface area (Å²) in [5, 5.41) is 13.8. The fourth-order valence-corrected chi connectivity index (χ4v) is 2.30. The zero-order valence-electron chi connectivity index (χ0n) is 14.6. The Bertz CT molecular complexity index is 764. The van der Waals surface area contributed by atoms with Crippen LogP contribution in [0.25, 0.3) is 0 Å². The number of rotatable bonds is 9. The number of nitrogens with zero attached hydrogens (tertiary/aromatic N) is 1. The van der Waals surface area contributed by atoms with Crippen LogP contribution in [0.2, 0.25) is 0 Å². The van der Waals surface area contributed by atoms with E-state index in [1.807, 2.05) is 0 Å². The molecule has 0 aliphatic heterocycles. The molecule has 2 aromatic rings. The molecule has 0 spiro atoms. The summed E-state index contributed by atoms with van der Waals surface area (Å²) in [4.78, 5) is 10.2. The van der Waals surface area contributed by atoms with Crippen molar-refractivity contribution >= 4 is 5.69 Å². The van der Waals surface area contributed by atoms with E-state index in [9.17, 15) is 23.3 Å². The molecule has 9 heteroatoms. The largest absolute Gasteiger partial charge is 0.490 e. The Kier molecular flexibility index (Phi) is 7.00. The molecule has 0 saturated heterocycles. The van der Waals surface area contributed by atoms with Gasteiger partial charge in [0.2, 0.25) is 0 Å². The van der Waals surface area contributed by atoms with Gasteiger partial charge in [0.05, 0.1) is 11.5 Å². The van der Waals surface area contributed by atoms with Crippen LogP contribution in [0.5, 0.6) is 11.5 Å². The van der Waals surface area contributed by atoms with Gasteiger partial charge in [0, 0.05) is 25.2 Å². The highest BCUT2D eigenvalue weighted by atomic mass is 19.4. The van der Waals surface area contributed by atoms with E-state index in [-0.39, 0.29) is 17.2 Å². The van der Waals surface area contributed by atoms with Gasteiger partial charge in [0.1, 0.15) is 0 Å². The molecule has 2 aromatic carbocycles. The van der Waals surface area contributed by atoms with Crippen molar-refractivity contribution in [3.8, 4) is 11.5 Å². The Balaban J connectivity index is 1.95. The molecule has 0 fully saturated rings. The number of halogens is 3. The van der Waals surface area contributed by atoms with Crippen LogP contribution in [0.3, 0.4) is 0 Å². The van der Waals surface area contributed by atoms with Crippen molar-refractivity contribution in [2.45, 2.75) is 26.2 Å². The second-order valence-corrected chi connectivity index (χ2v) is 5.65. The molecule has 2 rings (SSSR count). The third-order valence-electron chi connectivity index (χ3n) is 3.50. The van der Waals surface area contributed by atoms with E-state index >= 15 is 0 Å². The van der Waals surface area contributed by atoms with E-state index in [0.29, 0.717) is 19.7 Å². The fraction of sp³-hybridized carbons (Fsp3) is 0.333. The van der Waals surface area contributed by atoms with Crippen LogP contribution in [0.1, 0.15) is 18.1 Å². The first kappa shape index (κ1) is 20.5. The van der Waals surface area contributed by atoms with Gasteiger partial charge in [0.25, 0.3) is 5.69 Å². The molecule has 146 valence electrons. The molecule has 0 saturated carbocycles. The zero-order chi connectivity index (χ0) is 19.9. The van der Waals surface area contributed by atoms with Crippen molar-refractivity contribution in [3.63, 3.8) is 0 Å². The molecule has 0 heterocycles. The molecule has 0 amide bonds. The summed E-state index contributed by atoms with van der Waals surface area (Å²) >= 11 is 0. The average Bonchev–Trinajstić information content (AvgIpc) is 2.61.